The summed E-state index contributed by atoms with van der Waals surface area (Å²) < 4.78 is 48.0. The third kappa shape index (κ3) is 9.31. The zero-order valence-corrected chi connectivity index (χ0v) is 34.1. The minimum absolute atomic E-state index is 0.0508. The number of amides is 2. The van der Waals surface area contributed by atoms with E-state index in [2.05, 4.69) is 26.1 Å². The van der Waals surface area contributed by atoms with Crippen LogP contribution in [-0.4, -0.2) is 78.5 Å². The number of rotatable bonds is 12. The molecule has 2 amide bonds. The molecule has 2 aromatic carbocycles. The summed E-state index contributed by atoms with van der Waals surface area (Å²) in [5.41, 5.74) is 2.16. The maximum Gasteiger partial charge on any atom is 0.328 e. The van der Waals surface area contributed by atoms with Crippen molar-refractivity contribution in [2.75, 3.05) is 26.8 Å². The largest absolute Gasteiger partial charge is 0.463 e. The molecule has 0 radical (unpaired) electrons. The number of nitrogens with one attached hydrogen (secondary N) is 1. The topological polar surface area (TPSA) is 99.1 Å². The highest BCUT2D eigenvalue weighted by Crippen LogP contribution is 2.40. The van der Waals surface area contributed by atoms with Crippen molar-refractivity contribution in [2.24, 2.45) is 17.8 Å². The second-order valence-corrected chi connectivity index (χ2v) is 17.1. The molecule has 9 nitrogen and oxygen atoms in total. The van der Waals surface area contributed by atoms with Gasteiger partial charge < -0.3 is 24.4 Å². The number of esters is 1. The van der Waals surface area contributed by atoms with Crippen LogP contribution in [0.4, 0.5) is 13.6 Å². The molecule has 3 aliphatic rings. The van der Waals surface area contributed by atoms with Gasteiger partial charge in [0.05, 0.1) is 41.8 Å². The molecule has 0 spiro atoms. The molecular formula is C45H61F2N3O6. The molecule has 1 aliphatic heterocycles. The average Bonchev–Trinajstić information content (AvgIpc) is 3.46. The smallest absolute Gasteiger partial charge is 0.328 e. The van der Waals surface area contributed by atoms with Crippen LogP contribution in [-0.2, 0) is 42.1 Å². The number of ether oxygens (including phenoxy) is 3. The molecule has 0 bridgehead atoms. The third-order valence-electron chi connectivity index (χ3n) is 12.5. The molecule has 3 aromatic rings. The van der Waals surface area contributed by atoms with E-state index in [9.17, 15) is 23.2 Å². The number of benzene rings is 2. The molecule has 1 saturated heterocycles. The van der Waals surface area contributed by atoms with Crippen LogP contribution in [0.25, 0.3) is 10.9 Å². The van der Waals surface area contributed by atoms with Crippen LogP contribution in [0.1, 0.15) is 109 Å². The maximum atomic E-state index is 15.0. The number of halogens is 2. The van der Waals surface area contributed by atoms with Gasteiger partial charge in [0.15, 0.2) is 0 Å². The first-order chi connectivity index (χ1) is 26.8. The fraction of sp³-hybridized carbons (Fsp3) is 0.622. The lowest BCUT2D eigenvalue weighted by Gasteiger charge is -2.43. The van der Waals surface area contributed by atoms with Gasteiger partial charge in [-0.15, -0.1) is 0 Å². The number of methoxy groups -OCH3 is 1. The highest BCUT2D eigenvalue weighted by molar-refractivity contribution is 5.96. The van der Waals surface area contributed by atoms with E-state index in [0.29, 0.717) is 62.1 Å². The van der Waals surface area contributed by atoms with Crippen LogP contribution in [0.15, 0.2) is 42.5 Å². The van der Waals surface area contributed by atoms with E-state index in [1.54, 1.807) is 34.8 Å². The minimum atomic E-state index is -0.995. The molecule has 56 heavy (non-hydrogen) atoms. The van der Waals surface area contributed by atoms with Crippen molar-refractivity contribution in [1.82, 2.24) is 14.8 Å². The van der Waals surface area contributed by atoms with Gasteiger partial charge in [0.1, 0.15) is 11.6 Å². The number of hydrogen-bond donors (Lipinski definition) is 1. The van der Waals surface area contributed by atoms with Gasteiger partial charge in [-0.05, 0) is 145 Å². The van der Waals surface area contributed by atoms with Crippen molar-refractivity contribution in [1.29, 1.82) is 0 Å². The van der Waals surface area contributed by atoms with E-state index >= 15 is 0 Å². The Morgan fingerprint density at radius 1 is 0.893 bits per heavy atom. The fourth-order valence-electron chi connectivity index (χ4n) is 9.53. The molecule has 6 rings (SSSR count). The number of piperidine rings is 1. The Balaban J connectivity index is 1.24. The molecule has 11 heteroatoms. The normalized spacial score (nSPS) is 24.1. The molecule has 2 heterocycles. The highest BCUT2D eigenvalue weighted by Gasteiger charge is 2.46. The first-order valence-corrected chi connectivity index (χ1v) is 20.8. The van der Waals surface area contributed by atoms with Gasteiger partial charge in [-0.1, -0.05) is 19.1 Å². The van der Waals surface area contributed by atoms with Crippen LogP contribution < -0.4 is 5.32 Å². The predicted octanol–water partition coefficient (Wildman–Crippen LogP) is 8.51. The Hall–Kier alpha value is -3.83. The van der Waals surface area contributed by atoms with E-state index < -0.39 is 11.2 Å². The van der Waals surface area contributed by atoms with Gasteiger partial charge in [-0.2, -0.15) is 0 Å². The van der Waals surface area contributed by atoms with E-state index in [0.717, 1.165) is 48.7 Å². The lowest BCUT2D eigenvalue weighted by molar-refractivity contribution is -0.154. The van der Waals surface area contributed by atoms with Gasteiger partial charge >= 0.3 is 12.0 Å². The molecule has 306 valence electrons. The molecule has 3 atom stereocenters. The molecule has 3 fully saturated rings. The minimum Gasteiger partial charge on any atom is -0.463 e. The van der Waals surface area contributed by atoms with Gasteiger partial charge in [0.2, 0.25) is 5.91 Å². The quantitative estimate of drug-likeness (QED) is 0.185. The fourth-order valence-corrected chi connectivity index (χ4v) is 9.53. The third-order valence-corrected chi connectivity index (χ3v) is 12.5. The van der Waals surface area contributed by atoms with Crippen LogP contribution in [0, 0.1) is 29.4 Å². The number of likely N-dealkylation sites (tertiary alicyclic amines) is 1. The highest BCUT2D eigenvalue weighted by atomic mass is 19.1. The first kappa shape index (κ1) is 41.8. The number of nitrogens with zero attached hydrogens (tertiary/aromatic N) is 2. The van der Waals surface area contributed by atoms with Gasteiger partial charge in [0, 0.05) is 43.7 Å². The molecule has 2 aliphatic carbocycles. The molecular weight excluding hydrogens is 717 g/mol. The van der Waals surface area contributed by atoms with Crippen molar-refractivity contribution < 1.29 is 37.4 Å². The summed E-state index contributed by atoms with van der Waals surface area (Å²) in [6.45, 7) is 10.8. The summed E-state index contributed by atoms with van der Waals surface area (Å²) in [7, 11) is 1.64. The number of carbonyl (C=O) groups is 3. The average molecular weight is 778 g/mol. The van der Waals surface area contributed by atoms with Crippen LogP contribution >= 0.6 is 0 Å². The van der Waals surface area contributed by atoms with Crippen LogP contribution in [0.3, 0.4) is 0 Å². The maximum absolute atomic E-state index is 15.0. The van der Waals surface area contributed by atoms with E-state index in [1.807, 2.05) is 13.8 Å². The van der Waals surface area contributed by atoms with Gasteiger partial charge in [-0.3, -0.25) is 14.2 Å². The number of aromatic nitrogens is 1. The summed E-state index contributed by atoms with van der Waals surface area (Å²) in [5.74, 6) is -0.874. The summed E-state index contributed by atoms with van der Waals surface area (Å²) in [5, 5.41) is 4.21. The summed E-state index contributed by atoms with van der Waals surface area (Å²) >= 11 is 0. The molecule has 0 unspecified atom stereocenters. The standard InChI is InChI=1S/C45H61F2N3O6/c1-28(2)55-36-15-7-31(8-16-36)26-38-37-17-14-35(47)27-41(37)50(40(38)19-24-54-6)44(53)49-22-20-45(21-23-49,33-10-12-34(46)13-11-33)43(52)48-39-18-9-32(25-30(39)5)42(51)56-29(3)4/h10-14,17,27-32,36,39H,7-9,15-16,18-26H2,1-6H3,(H,48,52)/t30-,31?,32-,36?,39-/m0/s1. The Kier molecular flexibility index (Phi) is 13.6. The molecule has 2 saturated carbocycles. The van der Waals surface area contributed by atoms with Crippen molar-refractivity contribution in [3.8, 4) is 0 Å². The van der Waals surface area contributed by atoms with Crippen molar-refractivity contribution in [2.45, 2.75) is 135 Å². The van der Waals surface area contributed by atoms with Crippen molar-refractivity contribution in [3.63, 3.8) is 0 Å². The zero-order valence-electron chi connectivity index (χ0n) is 34.1. The Bertz CT molecular complexity index is 1820. The van der Waals surface area contributed by atoms with Crippen molar-refractivity contribution >= 4 is 28.8 Å². The SMILES string of the molecule is COCCc1c(CC2CCC(OC(C)C)CC2)c2ccc(F)cc2n1C(=O)N1CCC(C(=O)N[C@H]2CC[C@H](C(=O)OC(C)C)C[C@@H]2C)(c2ccc(F)cc2)CC1. The summed E-state index contributed by atoms with van der Waals surface area (Å²) in [6, 6.07) is 10.4. The number of carbonyl (C=O) groups excluding carboxylic acids is 3. The lowest BCUT2D eigenvalue weighted by Crippen LogP contribution is -2.56. The Morgan fingerprint density at radius 2 is 1.57 bits per heavy atom. The van der Waals surface area contributed by atoms with Gasteiger partial charge in [-0.25, -0.2) is 13.6 Å². The first-order valence-electron chi connectivity index (χ1n) is 20.8. The summed E-state index contributed by atoms with van der Waals surface area (Å²) in [4.78, 5) is 43.7. The van der Waals surface area contributed by atoms with E-state index in [1.165, 1.54) is 24.3 Å². The van der Waals surface area contributed by atoms with Gasteiger partial charge in [0.25, 0.3) is 0 Å². The summed E-state index contributed by atoms with van der Waals surface area (Å²) in [6.07, 6.45) is 8.12. The van der Waals surface area contributed by atoms with Crippen LogP contribution in [0.5, 0.6) is 0 Å². The Morgan fingerprint density at radius 3 is 2.20 bits per heavy atom. The second kappa shape index (κ2) is 18.2. The number of hydrogen-bond acceptors (Lipinski definition) is 6. The monoisotopic (exact) mass is 777 g/mol. The Labute approximate surface area is 330 Å². The number of fused-ring (bicyclic) bond motifs is 1. The second-order valence-electron chi connectivity index (χ2n) is 17.1. The predicted molar refractivity (Wildman–Crippen MR) is 212 cm³/mol. The van der Waals surface area contributed by atoms with Crippen molar-refractivity contribution in [3.05, 3.63) is 70.9 Å². The van der Waals surface area contributed by atoms with E-state index in [4.69, 9.17) is 14.2 Å². The zero-order chi connectivity index (χ0) is 40.1. The molecule has 1 aromatic heterocycles. The van der Waals surface area contributed by atoms with Crippen LogP contribution in [0.2, 0.25) is 0 Å². The lowest BCUT2D eigenvalue weighted by atomic mass is 9.71. The molecule has 1 N–H and O–H groups in total. The van der Waals surface area contributed by atoms with E-state index in [-0.39, 0.29) is 73.0 Å².